The maximum Gasteiger partial charge on any atom is 0.339 e. The summed E-state index contributed by atoms with van der Waals surface area (Å²) < 4.78 is 0. The molecule has 0 fully saturated rings. The van der Waals surface area contributed by atoms with Crippen LogP contribution in [0, 0.1) is 0 Å². The van der Waals surface area contributed by atoms with Gasteiger partial charge in [0.1, 0.15) is 11.3 Å². The van der Waals surface area contributed by atoms with Gasteiger partial charge in [-0.25, -0.2) is 4.79 Å². The van der Waals surface area contributed by atoms with Gasteiger partial charge in [0.05, 0.1) is 0 Å². The van der Waals surface area contributed by atoms with E-state index in [9.17, 15) is 15.0 Å². The quantitative estimate of drug-likeness (QED) is 0.865. The highest BCUT2D eigenvalue weighted by molar-refractivity contribution is 5.91. The van der Waals surface area contributed by atoms with E-state index < -0.39 is 5.97 Å². The van der Waals surface area contributed by atoms with Crippen LogP contribution < -0.4 is 0 Å². The van der Waals surface area contributed by atoms with Gasteiger partial charge in [0.2, 0.25) is 0 Å². The van der Waals surface area contributed by atoms with Crippen LogP contribution in [0.25, 0.3) is 0 Å². The Balaban J connectivity index is 2.58. The SMILES string of the molecule is CCCC(C)(c1ccccc1)c1ccc(O)c(C(=O)O)c1. The van der Waals surface area contributed by atoms with Crippen molar-refractivity contribution in [2.45, 2.75) is 32.1 Å². The first-order chi connectivity index (χ1) is 9.99. The summed E-state index contributed by atoms with van der Waals surface area (Å²) >= 11 is 0. The molecular weight excluding hydrogens is 264 g/mol. The fourth-order valence-corrected chi connectivity index (χ4v) is 2.81. The Labute approximate surface area is 124 Å². The zero-order valence-electron chi connectivity index (χ0n) is 12.3. The molecule has 0 heterocycles. The van der Waals surface area contributed by atoms with Gasteiger partial charge >= 0.3 is 5.97 Å². The zero-order chi connectivity index (χ0) is 15.5. The van der Waals surface area contributed by atoms with E-state index in [0.717, 1.165) is 24.0 Å². The molecule has 2 aromatic carbocycles. The molecule has 0 aromatic heterocycles. The van der Waals surface area contributed by atoms with Crippen LogP contribution in [0.15, 0.2) is 48.5 Å². The Kier molecular flexibility index (Phi) is 4.32. The van der Waals surface area contributed by atoms with Crippen molar-refractivity contribution in [2.24, 2.45) is 0 Å². The van der Waals surface area contributed by atoms with E-state index in [1.165, 1.54) is 6.07 Å². The largest absolute Gasteiger partial charge is 0.507 e. The second-order valence-electron chi connectivity index (χ2n) is 5.49. The highest BCUT2D eigenvalue weighted by Gasteiger charge is 2.29. The number of carbonyl (C=O) groups is 1. The van der Waals surface area contributed by atoms with E-state index in [1.54, 1.807) is 6.07 Å². The Morgan fingerprint density at radius 2 is 1.76 bits per heavy atom. The number of phenols is 1. The maximum absolute atomic E-state index is 11.2. The van der Waals surface area contributed by atoms with Gasteiger partial charge in [0.25, 0.3) is 0 Å². The molecule has 2 rings (SSSR count). The van der Waals surface area contributed by atoms with Crippen LogP contribution in [0.5, 0.6) is 5.75 Å². The molecule has 0 aliphatic rings. The minimum absolute atomic E-state index is 0.0502. The van der Waals surface area contributed by atoms with Crippen LogP contribution in [0.2, 0.25) is 0 Å². The first-order valence-electron chi connectivity index (χ1n) is 7.11. The summed E-state index contributed by atoms with van der Waals surface area (Å²) in [7, 11) is 0. The monoisotopic (exact) mass is 284 g/mol. The summed E-state index contributed by atoms with van der Waals surface area (Å²) in [6, 6.07) is 14.9. The van der Waals surface area contributed by atoms with Crippen molar-refractivity contribution in [1.29, 1.82) is 0 Å². The number of hydrogen-bond donors (Lipinski definition) is 2. The number of hydrogen-bond acceptors (Lipinski definition) is 2. The van der Waals surface area contributed by atoms with Gasteiger partial charge in [-0.2, -0.15) is 0 Å². The molecule has 0 spiro atoms. The standard InChI is InChI=1S/C18H20O3/c1-3-11-18(2,13-7-5-4-6-8-13)14-9-10-16(19)15(12-14)17(20)21/h4-10,12,19H,3,11H2,1-2H3,(H,20,21). The molecule has 0 saturated carbocycles. The van der Waals surface area contributed by atoms with Gasteiger partial charge in [-0.3, -0.25) is 0 Å². The molecule has 3 nitrogen and oxygen atoms in total. The van der Waals surface area contributed by atoms with E-state index >= 15 is 0 Å². The molecule has 2 aromatic rings. The summed E-state index contributed by atoms with van der Waals surface area (Å²) in [5.74, 6) is -1.31. The number of carboxylic acids is 1. The minimum Gasteiger partial charge on any atom is -0.507 e. The maximum atomic E-state index is 11.2. The third kappa shape index (κ3) is 2.92. The van der Waals surface area contributed by atoms with Crippen molar-refractivity contribution in [3.05, 3.63) is 65.2 Å². The zero-order valence-corrected chi connectivity index (χ0v) is 12.3. The highest BCUT2D eigenvalue weighted by atomic mass is 16.4. The van der Waals surface area contributed by atoms with Crippen molar-refractivity contribution in [2.75, 3.05) is 0 Å². The Morgan fingerprint density at radius 1 is 1.10 bits per heavy atom. The van der Waals surface area contributed by atoms with Gasteiger partial charge in [-0.15, -0.1) is 0 Å². The molecular formula is C18H20O3. The van der Waals surface area contributed by atoms with E-state index in [2.05, 4.69) is 26.0 Å². The number of rotatable bonds is 5. The van der Waals surface area contributed by atoms with E-state index in [4.69, 9.17) is 0 Å². The molecule has 21 heavy (non-hydrogen) atoms. The molecule has 110 valence electrons. The Bertz CT molecular complexity index is 634. The lowest BCUT2D eigenvalue weighted by atomic mass is 9.73. The second kappa shape index (κ2) is 6.00. The number of benzene rings is 2. The molecule has 1 atom stereocenters. The van der Waals surface area contributed by atoms with Gasteiger partial charge in [-0.05, 0) is 29.7 Å². The predicted octanol–water partition coefficient (Wildman–Crippen LogP) is 4.20. The fraction of sp³-hybridized carbons (Fsp3) is 0.278. The molecule has 0 radical (unpaired) electrons. The minimum atomic E-state index is -1.11. The van der Waals surface area contributed by atoms with Crippen LogP contribution in [0.1, 0.15) is 48.2 Å². The lowest BCUT2D eigenvalue weighted by Gasteiger charge is -2.31. The Morgan fingerprint density at radius 3 is 2.33 bits per heavy atom. The predicted molar refractivity (Wildman–Crippen MR) is 82.9 cm³/mol. The van der Waals surface area contributed by atoms with Crippen LogP contribution >= 0.6 is 0 Å². The van der Waals surface area contributed by atoms with Gasteiger partial charge in [0, 0.05) is 5.41 Å². The van der Waals surface area contributed by atoms with E-state index in [1.807, 2.05) is 24.3 Å². The van der Waals surface area contributed by atoms with Crippen LogP contribution in [0.3, 0.4) is 0 Å². The summed E-state index contributed by atoms with van der Waals surface area (Å²) in [4.78, 5) is 11.2. The van der Waals surface area contributed by atoms with Gasteiger partial charge in [0.15, 0.2) is 0 Å². The molecule has 0 amide bonds. The lowest BCUT2D eigenvalue weighted by molar-refractivity contribution is 0.0693. The van der Waals surface area contributed by atoms with Crippen LogP contribution in [-0.2, 0) is 5.41 Å². The van der Waals surface area contributed by atoms with Crippen LogP contribution in [0.4, 0.5) is 0 Å². The molecule has 1 unspecified atom stereocenters. The van der Waals surface area contributed by atoms with Crippen LogP contribution in [-0.4, -0.2) is 16.2 Å². The molecule has 0 saturated heterocycles. The van der Waals surface area contributed by atoms with Crippen molar-refractivity contribution >= 4 is 5.97 Å². The Hall–Kier alpha value is -2.29. The van der Waals surface area contributed by atoms with Gasteiger partial charge < -0.3 is 10.2 Å². The highest BCUT2D eigenvalue weighted by Crippen LogP contribution is 2.37. The lowest BCUT2D eigenvalue weighted by Crippen LogP contribution is -2.23. The van der Waals surface area contributed by atoms with E-state index in [0.29, 0.717) is 0 Å². The van der Waals surface area contributed by atoms with Crippen molar-refractivity contribution < 1.29 is 15.0 Å². The van der Waals surface area contributed by atoms with Crippen molar-refractivity contribution in [3.8, 4) is 5.75 Å². The summed E-state index contributed by atoms with van der Waals surface area (Å²) in [6.07, 6.45) is 1.88. The first kappa shape index (κ1) is 15.1. The molecule has 0 aliphatic heterocycles. The summed E-state index contributed by atoms with van der Waals surface area (Å²) in [5.41, 5.74) is 1.74. The first-order valence-corrected chi connectivity index (χ1v) is 7.11. The number of aromatic carboxylic acids is 1. The smallest absolute Gasteiger partial charge is 0.339 e. The summed E-state index contributed by atoms with van der Waals surface area (Å²) in [5, 5.41) is 18.9. The third-order valence-corrected chi connectivity index (χ3v) is 4.03. The molecule has 0 bridgehead atoms. The average molecular weight is 284 g/mol. The average Bonchev–Trinajstić information content (AvgIpc) is 2.48. The number of carboxylic acid groups (broad SMARTS) is 1. The van der Waals surface area contributed by atoms with Gasteiger partial charge in [-0.1, -0.05) is 56.7 Å². The second-order valence-corrected chi connectivity index (χ2v) is 5.49. The normalized spacial score (nSPS) is 13.6. The third-order valence-electron chi connectivity index (χ3n) is 4.03. The number of aromatic hydroxyl groups is 1. The van der Waals surface area contributed by atoms with Crippen molar-refractivity contribution in [3.63, 3.8) is 0 Å². The molecule has 3 heteroatoms. The topological polar surface area (TPSA) is 57.5 Å². The van der Waals surface area contributed by atoms with E-state index in [-0.39, 0.29) is 16.7 Å². The molecule has 2 N–H and O–H groups in total. The summed E-state index contributed by atoms with van der Waals surface area (Å²) in [6.45, 7) is 4.23. The fourth-order valence-electron chi connectivity index (χ4n) is 2.81. The van der Waals surface area contributed by atoms with Crippen molar-refractivity contribution in [1.82, 2.24) is 0 Å². The molecule has 0 aliphatic carbocycles.